The van der Waals surface area contributed by atoms with Crippen LogP contribution in [0.1, 0.15) is 16.8 Å². The monoisotopic (exact) mass is 294 g/mol. The Morgan fingerprint density at radius 3 is 2.90 bits per heavy atom. The lowest BCUT2D eigenvalue weighted by atomic mass is 10.1. The molecule has 0 bridgehead atoms. The average molecular weight is 294 g/mol. The molecule has 1 fully saturated rings. The van der Waals surface area contributed by atoms with E-state index < -0.39 is 5.97 Å². The number of amides is 2. The van der Waals surface area contributed by atoms with Gasteiger partial charge in [0.05, 0.1) is 17.9 Å². The Hall–Kier alpha value is -2.28. The standard InChI is InChI=1S/C14H18N2O5/c1-21-8-9-4-5-16(7-9)14(20)15-12-3-2-10(17)6-11(12)13(18)19/h2-3,6,9,17H,4-5,7-8H2,1H3,(H,15,20)(H,18,19). The molecule has 21 heavy (non-hydrogen) atoms. The van der Waals surface area contributed by atoms with Crippen molar-refractivity contribution < 1.29 is 24.5 Å². The van der Waals surface area contributed by atoms with Crippen LogP contribution in [-0.2, 0) is 4.74 Å². The number of aromatic carboxylic acids is 1. The lowest BCUT2D eigenvalue weighted by Crippen LogP contribution is -2.33. The Balaban J connectivity index is 2.05. The van der Waals surface area contributed by atoms with Crippen molar-refractivity contribution in [1.82, 2.24) is 4.90 Å². The van der Waals surface area contributed by atoms with Crippen LogP contribution >= 0.6 is 0 Å². The average Bonchev–Trinajstić information content (AvgIpc) is 2.89. The second-order valence-electron chi connectivity index (χ2n) is 5.02. The molecule has 1 saturated heterocycles. The summed E-state index contributed by atoms with van der Waals surface area (Å²) in [6.45, 7) is 1.80. The molecule has 0 spiro atoms. The summed E-state index contributed by atoms with van der Waals surface area (Å²) in [7, 11) is 1.62. The van der Waals surface area contributed by atoms with Crippen molar-refractivity contribution in [1.29, 1.82) is 0 Å². The number of hydrogen-bond acceptors (Lipinski definition) is 4. The summed E-state index contributed by atoms with van der Waals surface area (Å²) < 4.78 is 5.07. The maximum Gasteiger partial charge on any atom is 0.337 e. The van der Waals surface area contributed by atoms with Gasteiger partial charge in [-0.2, -0.15) is 0 Å². The number of anilines is 1. The molecule has 1 aliphatic rings. The van der Waals surface area contributed by atoms with Crippen molar-refractivity contribution in [2.75, 3.05) is 32.1 Å². The molecule has 7 heteroatoms. The molecule has 7 nitrogen and oxygen atoms in total. The van der Waals surface area contributed by atoms with Crippen LogP contribution in [0.5, 0.6) is 5.75 Å². The summed E-state index contributed by atoms with van der Waals surface area (Å²) in [4.78, 5) is 24.9. The van der Waals surface area contributed by atoms with Gasteiger partial charge < -0.3 is 25.2 Å². The van der Waals surface area contributed by atoms with E-state index in [1.807, 2.05) is 0 Å². The Morgan fingerprint density at radius 1 is 1.48 bits per heavy atom. The lowest BCUT2D eigenvalue weighted by Gasteiger charge is -2.18. The van der Waals surface area contributed by atoms with Gasteiger partial charge in [0, 0.05) is 26.1 Å². The highest BCUT2D eigenvalue weighted by Crippen LogP contribution is 2.23. The van der Waals surface area contributed by atoms with Gasteiger partial charge in [0.25, 0.3) is 0 Å². The Kier molecular flexibility index (Phi) is 4.64. The van der Waals surface area contributed by atoms with Crippen LogP contribution in [0.4, 0.5) is 10.5 Å². The number of urea groups is 1. The summed E-state index contributed by atoms with van der Waals surface area (Å²) in [5.41, 5.74) is 0.0245. The molecule has 0 aromatic heterocycles. The smallest absolute Gasteiger partial charge is 0.337 e. The summed E-state index contributed by atoms with van der Waals surface area (Å²) >= 11 is 0. The summed E-state index contributed by atoms with van der Waals surface area (Å²) in [5, 5.41) is 21.0. The van der Waals surface area contributed by atoms with Gasteiger partial charge in [0.2, 0.25) is 0 Å². The number of methoxy groups -OCH3 is 1. The van der Waals surface area contributed by atoms with Crippen molar-refractivity contribution in [3.63, 3.8) is 0 Å². The summed E-state index contributed by atoms with van der Waals surface area (Å²) in [6, 6.07) is 3.47. The number of likely N-dealkylation sites (tertiary alicyclic amines) is 1. The van der Waals surface area contributed by atoms with E-state index in [9.17, 15) is 14.7 Å². The van der Waals surface area contributed by atoms with Gasteiger partial charge >= 0.3 is 12.0 Å². The molecule has 1 heterocycles. The highest BCUT2D eigenvalue weighted by Gasteiger charge is 2.26. The van der Waals surface area contributed by atoms with Gasteiger partial charge in [-0.1, -0.05) is 0 Å². The van der Waals surface area contributed by atoms with Crippen molar-refractivity contribution in [2.45, 2.75) is 6.42 Å². The third-order valence-corrected chi connectivity index (χ3v) is 3.45. The van der Waals surface area contributed by atoms with Crippen LogP contribution in [0.25, 0.3) is 0 Å². The minimum atomic E-state index is -1.21. The molecule has 2 amide bonds. The molecular formula is C14H18N2O5. The van der Waals surface area contributed by atoms with E-state index in [0.29, 0.717) is 25.6 Å². The van der Waals surface area contributed by atoms with Crippen LogP contribution in [0.3, 0.4) is 0 Å². The maximum atomic E-state index is 12.1. The molecule has 114 valence electrons. The summed E-state index contributed by atoms with van der Waals surface area (Å²) in [5.74, 6) is -1.06. The van der Waals surface area contributed by atoms with Gasteiger partial charge in [-0.25, -0.2) is 9.59 Å². The Morgan fingerprint density at radius 2 is 2.24 bits per heavy atom. The fourth-order valence-corrected chi connectivity index (χ4v) is 2.40. The first-order valence-corrected chi connectivity index (χ1v) is 6.62. The number of phenols is 1. The van der Waals surface area contributed by atoms with Crippen LogP contribution in [0.15, 0.2) is 18.2 Å². The van der Waals surface area contributed by atoms with Crippen molar-refractivity contribution in [3.8, 4) is 5.75 Å². The van der Waals surface area contributed by atoms with Crippen molar-refractivity contribution in [2.24, 2.45) is 5.92 Å². The highest BCUT2D eigenvalue weighted by atomic mass is 16.5. The zero-order chi connectivity index (χ0) is 15.4. The first kappa shape index (κ1) is 15.1. The van der Waals surface area contributed by atoms with E-state index in [1.165, 1.54) is 12.1 Å². The lowest BCUT2D eigenvalue weighted by molar-refractivity contribution is 0.0697. The Labute approximate surface area is 122 Å². The maximum absolute atomic E-state index is 12.1. The number of ether oxygens (including phenoxy) is 1. The van der Waals surface area contributed by atoms with E-state index in [2.05, 4.69) is 5.32 Å². The molecule has 1 aromatic rings. The van der Waals surface area contributed by atoms with E-state index in [1.54, 1.807) is 12.0 Å². The molecule has 0 aliphatic carbocycles. The number of carbonyl (C=O) groups excluding carboxylic acids is 1. The number of rotatable bonds is 4. The van der Waals surface area contributed by atoms with Gasteiger partial charge in [-0.3, -0.25) is 0 Å². The van der Waals surface area contributed by atoms with Gasteiger partial charge in [0.15, 0.2) is 0 Å². The fraction of sp³-hybridized carbons (Fsp3) is 0.429. The first-order chi connectivity index (χ1) is 10.0. The van der Waals surface area contributed by atoms with Gasteiger partial charge in [-0.05, 0) is 24.6 Å². The number of carboxylic acid groups (broad SMARTS) is 1. The number of hydrogen-bond donors (Lipinski definition) is 3. The molecule has 1 atom stereocenters. The molecule has 0 saturated carbocycles. The molecule has 3 N–H and O–H groups in total. The van der Waals surface area contributed by atoms with E-state index in [0.717, 1.165) is 12.5 Å². The largest absolute Gasteiger partial charge is 0.508 e. The summed E-state index contributed by atoms with van der Waals surface area (Å²) in [6.07, 6.45) is 0.864. The SMILES string of the molecule is COCC1CCN(C(=O)Nc2ccc(O)cc2C(=O)O)C1. The number of benzene rings is 1. The minimum Gasteiger partial charge on any atom is -0.508 e. The zero-order valence-electron chi connectivity index (χ0n) is 11.7. The van der Waals surface area contributed by atoms with E-state index in [-0.39, 0.29) is 23.0 Å². The molecule has 0 radical (unpaired) electrons. The van der Waals surface area contributed by atoms with Gasteiger partial charge in [0.1, 0.15) is 5.75 Å². The number of nitrogens with zero attached hydrogens (tertiary/aromatic N) is 1. The second kappa shape index (κ2) is 6.45. The topological polar surface area (TPSA) is 99.1 Å². The molecule has 1 unspecified atom stereocenters. The van der Waals surface area contributed by atoms with E-state index >= 15 is 0 Å². The van der Waals surface area contributed by atoms with Crippen molar-refractivity contribution in [3.05, 3.63) is 23.8 Å². The normalized spacial score (nSPS) is 17.8. The number of nitrogens with one attached hydrogen (secondary N) is 1. The van der Waals surface area contributed by atoms with Crippen LogP contribution in [0.2, 0.25) is 0 Å². The quantitative estimate of drug-likeness (QED) is 0.732. The molecule has 1 aliphatic heterocycles. The van der Waals surface area contributed by atoms with Crippen LogP contribution in [0, 0.1) is 5.92 Å². The third kappa shape index (κ3) is 3.63. The van der Waals surface area contributed by atoms with Crippen LogP contribution in [-0.4, -0.2) is 53.9 Å². The second-order valence-corrected chi connectivity index (χ2v) is 5.02. The molecule has 1 aromatic carbocycles. The van der Waals surface area contributed by atoms with Crippen molar-refractivity contribution >= 4 is 17.7 Å². The highest BCUT2D eigenvalue weighted by molar-refractivity contribution is 6.00. The Bertz CT molecular complexity index is 546. The fourth-order valence-electron chi connectivity index (χ4n) is 2.40. The zero-order valence-corrected chi connectivity index (χ0v) is 11.7. The molecule has 2 rings (SSSR count). The predicted octanol–water partition coefficient (Wildman–Crippen LogP) is 1.59. The number of phenolic OH excluding ortho intramolecular Hbond substituents is 1. The van der Waals surface area contributed by atoms with Gasteiger partial charge in [-0.15, -0.1) is 0 Å². The molecular weight excluding hydrogens is 276 g/mol. The van der Waals surface area contributed by atoms with E-state index in [4.69, 9.17) is 9.84 Å². The third-order valence-electron chi connectivity index (χ3n) is 3.45. The number of carboxylic acids is 1. The predicted molar refractivity (Wildman–Crippen MR) is 75.6 cm³/mol. The number of aromatic hydroxyl groups is 1. The number of carbonyl (C=O) groups is 2. The van der Waals surface area contributed by atoms with Crippen LogP contribution < -0.4 is 5.32 Å². The minimum absolute atomic E-state index is 0.143. The first-order valence-electron chi connectivity index (χ1n) is 6.62.